The van der Waals surface area contributed by atoms with E-state index < -0.39 is 11.8 Å². The average Bonchev–Trinajstić information content (AvgIpc) is 2.00. The van der Waals surface area contributed by atoms with Crippen LogP contribution in [0.2, 0.25) is 0 Å². The Morgan fingerprint density at radius 3 is 2.54 bits per heavy atom. The molecule has 0 radical (unpaired) electrons. The van der Waals surface area contributed by atoms with Crippen LogP contribution < -0.4 is 17.2 Å². The summed E-state index contributed by atoms with van der Waals surface area (Å²) in [5.41, 5.74) is 15.1. The molecule has 13 heavy (non-hydrogen) atoms. The molecule has 1 amide bonds. The molecule has 74 valence electrons. The molecule has 0 saturated heterocycles. The fourth-order valence-corrected chi connectivity index (χ4v) is 0.772. The molecule has 0 heterocycles. The minimum Gasteiger partial charge on any atom is -0.450 e. The van der Waals surface area contributed by atoms with Gasteiger partial charge in [0.15, 0.2) is 0 Å². The van der Waals surface area contributed by atoms with Crippen molar-refractivity contribution in [3.63, 3.8) is 0 Å². The number of hydrogen-bond acceptors (Lipinski definition) is 4. The van der Waals surface area contributed by atoms with Gasteiger partial charge in [-0.25, -0.2) is 4.79 Å². The predicted octanol–water partition coefficient (Wildman–Crippen LogP) is -0.501. The van der Waals surface area contributed by atoms with E-state index in [2.05, 4.69) is 10.7 Å². The molecule has 5 nitrogen and oxygen atoms in total. The molecule has 0 fully saturated rings. The summed E-state index contributed by atoms with van der Waals surface area (Å²) < 4.78 is 4.48. The Bertz CT molecular complexity index is 208. The fourth-order valence-electron chi connectivity index (χ4n) is 0.772. The summed E-state index contributed by atoms with van der Waals surface area (Å²) in [5.74, 6) is 2.43. The van der Waals surface area contributed by atoms with Crippen LogP contribution in [0.4, 0.5) is 4.79 Å². The molecule has 0 aliphatic rings. The average molecular weight is 185 g/mol. The van der Waals surface area contributed by atoms with E-state index in [1.807, 2.05) is 0 Å². The third-order valence-corrected chi connectivity index (χ3v) is 1.55. The van der Waals surface area contributed by atoms with Crippen molar-refractivity contribution in [3.8, 4) is 12.3 Å². The van der Waals surface area contributed by atoms with Crippen molar-refractivity contribution in [1.29, 1.82) is 0 Å². The van der Waals surface area contributed by atoms with Gasteiger partial charge in [0.1, 0.15) is 0 Å². The van der Waals surface area contributed by atoms with Crippen molar-refractivity contribution in [1.82, 2.24) is 0 Å². The fraction of sp³-hybridized carbons (Fsp3) is 0.625. The molecule has 0 unspecified atom stereocenters. The first-order valence-corrected chi connectivity index (χ1v) is 3.91. The lowest BCUT2D eigenvalue weighted by atomic mass is 10.0. The number of hydrogen-bond donors (Lipinski definition) is 3. The maximum Gasteiger partial charge on any atom is 0.404 e. The van der Waals surface area contributed by atoms with Crippen LogP contribution in [0.5, 0.6) is 0 Å². The van der Waals surface area contributed by atoms with E-state index in [0.717, 1.165) is 0 Å². The lowest BCUT2D eigenvalue weighted by Gasteiger charge is -2.22. The van der Waals surface area contributed by atoms with Crippen LogP contribution in [-0.4, -0.2) is 18.4 Å². The highest BCUT2D eigenvalue weighted by molar-refractivity contribution is 5.64. The van der Waals surface area contributed by atoms with E-state index in [1.54, 1.807) is 0 Å². The van der Waals surface area contributed by atoms with E-state index in [-0.39, 0.29) is 6.61 Å². The number of amides is 1. The molecule has 5 heteroatoms. The molecular formula is C8H15N3O2. The maximum absolute atomic E-state index is 10.2. The van der Waals surface area contributed by atoms with Crippen molar-refractivity contribution in [3.05, 3.63) is 0 Å². The lowest BCUT2D eigenvalue weighted by Crippen LogP contribution is -2.50. The molecule has 0 bridgehead atoms. The first kappa shape index (κ1) is 11.8. The van der Waals surface area contributed by atoms with Gasteiger partial charge in [-0.05, 0) is 6.42 Å². The Hall–Kier alpha value is -1.25. The van der Waals surface area contributed by atoms with Gasteiger partial charge in [0.05, 0.1) is 12.3 Å². The van der Waals surface area contributed by atoms with Crippen molar-refractivity contribution in [2.75, 3.05) is 6.61 Å². The van der Waals surface area contributed by atoms with Crippen molar-refractivity contribution >= 4 is 6.09 Å². The monoisotopic (exact) mass is 185 g/mol. The quantitative estimate of drug-likeness (QED) is 0.396. The number of terminal acetylenes is 1. The Labute approximate surface area is 77.6 Å². The second-order valence-corrected chi connectivity index (χ2v) is 2.85. The smallest absolute Gasteiger partial charge is 0.404 e. The summed E-state index contributed by atoms with van der Waals surface area (Å²) in [6, 6.07) is 0. The van der Waals surface area contributed by atoms with E-state index in [4.69, 9.17) is 23.6 Å². The normalized spacial score (nSPS) is 10.5. The minimum absolute atomic E-state index is 0.118. The van der Waals surface area contributed by atoms with E-state index in [1.165, 1.54) is 0 Å². The van der Waals surface area contributed by atoms with Gasteiger partial charge in [-0.15, -0.1) is 12.3 Å². The molecule has 0 aliphatic carbocycles. The summed E-state index contributed by atoms with van der Waals surface area (Å²) in [6.07, 6.45) is 5.56. The highest BCUT2D eigenvalue weighted by atomic mass is 16.5. The summed E-state index contributed by atoms with van der Waals surface area (Å²) in [5, 5.41) is 0. The molecule has 6 N–H and O–H groups in total. The van der Waals surface area contributed by atoms with Crippen LogP contribution in [0, 0.1) is 12.3 Å². The molecule has 0 aliphatic heterocycles. The second kappa shape index (κ2) is 5.41. The largest absolute Gasteiger partial charge is 0.450 e. The van der Waals surface area contributed by atoms with E-state index >= 15 is 0 Å². The van der Waals surface area contributed by atoms with Crippen LogP contribution in [-0.2, 0) is 4.74 Å². The third kappa shape index (κ3) is 7.12. The van der Waals surface area contributed by atoms with Crippen LogP contribution in [0.1, 0.15) is 19.3 Å². The summed E-state index contributed by atoms with van der Waals surface area (Å²) in [4.78, 5) is 10.2. The highest BCUT2D eigenvalue weighted by Crippen LogP contribution is 2.06. The predicted molar refractivity (Wildman–Crippen MR) is 49.3 cm³/mol. The number of carbonyl (C=O) groups is 1. The van der Waals surface area contributed by atoms with Gasteiger partial charge in [0.2, 0.25) is 0 Å². The van der Waals surface area contributed by atoms with Gasteiger partial charge < -0.3 is 21.9 Å². The first-order chi connectivity index (χ1) is 5.98. The molecule has 0 aromatic carbocycles. The van der Waals surface area contributed by atoms with Crippen LogP contribution in [0.25, 0.3) is 0 Å². The van der Waals surface area contributed by atoms with Crippen molar-refractivity contribution < 1.29 is 9.53 Å². The topological polar surface area (TPSA) is 104 Å². The van der Waals surface area contributed by atoms with Crippen molar-refractivity contribution in [2.45, 2.75) is 24.9 Å². The van der Waals surface area contributed by atoms with Gasteiger partial charge in [0, 0.05) is 12.8 Å². The molecule has 0 aromatic heterocycles. The zero-order valence-electron chi connectivity index (χ0n) is 7.45. The van der Waals surface area contributed by atoms with Crippen LogP contribution in [0.3, 0.4) is 0 Å². The number of ether oxygens (including phenoxy) is 1. The standard InChI is InChI=1S/C8H15N3O2/c1-2-3-4-8(10,11)5-6-13-7(9)12/h1H,3-6,10-11H2,(H2,9,12). The molecule has 0 rings (SSSR count). The molecule has 0 aromatic rings. The third-order valence-electron chi connectivity index (χ3n) is 1.55. The highest BCUT2D eigenvalue weighted by Gasteiger charge is 2.18. The zero-order chi connectivity index (χ0) is 10.3. The first-order valence-electron chi connectivity index (χ1n) is 3.91. The Kier molecular flexibility index (Phi) is 4.89. The molecule has 0 saturated carbocycles. The number of carbonyl (C=O) groups excluding carboxylic acids is 1. The summed E-state index contributed by atoms with van der Waals surface area (Å²) in [7, 11) is 0. The van der Waals surface area contributed by atoms with Gasteiger partial charge in [-0.2, -0.15) is 0 Å². The van der Waals surface area contributed by atoms with E-state index in [9.17, 15) is 4.79 Å². The Morgan fingerprint density at radius 1 is 1.46 bits per heavy atom. The minimum atomic E-state index is -0.887. The Balaban J connectivity index is 3.63. The molecule has 0 atom stereocenters. The van der Waals surface area contributed by atoms with E-state index in [0.29, 0.717) is 19.3 Å². The SMILES string of the molecule is C#CCCC(N)(N)CCOC(N)=O. The molecule has 0 spiro atoms. The Morgan fingerprint density at radius 2 is 2.08 bits per heavy atom. The molecular weight excluding hydrogens is 170 g/mol. The van der Waals surface area contributed by atoms with Gasteiger partial charge in [-0.3, -0.25) is 0 Å². The van der Waals surface area contributed by atoms with Gasteiger partial charge in [-0.1, -0.05) is 0 Å². The zero-order valence-corrected chi connectivity index (χ0v) is 7.45. The summed E-state index contributed by atoms with van der Waals surface area (Å²) >= 11 is 0. The van der Waals surface area contributed by atoms with Crippen LogP contribution >= 0.6 is 0 Å². The second-order valence-electron chi connectivity index (χ2n) is 2.85. The number of rotatable bonds is 5. The number of nitrogens with two attached hydrogens (primary N) is 3. The van der Waals surface area contributed by atoms with Gasteiger partial charge in [0.25, 0.3) is 0 Å². The van der Waals surface area contributed by atoms with Crippen molar-refractivity contribution in [2.24, 2.45) is 17.2 Å². The number of primary amides is 1. The van der Waals surface area contributed by atoms with Gasteiger partial charge >= 0.3 is 6.09 Å². The summed E-state index contributed by atoms with van der Waals surface area (Å²) in [6.45, 7) is 0.118. The lowest BCUT2D eigenvalue weighted by molar-refractivity contribution is 0.144. The van der Waals surface area contributed by atoms with Crippen LogP contribution in [0.15, 0.2) is 0 Å². The maximum atomic E-state index is 10.2.